The summed E-state index contributed by atoms with van der Waals surface area (Å²) in [6.07, 6.45) is 3.54. The summed E-state index contributed by atoms with van der Waals surface area (Å²) in [7, 11) is 5.33. The molecule has 1 aliphatic rings. The van der Waals surface area contributed by atoms with Gasteiger partial charge in [0.15, 0.2) is 17.2 Å². The van der Waals surface area contributed by atoms with Gasteiger partial charge in [-0.3, -0.25) is 0 Å². The summed E-state index contributed by atoms with van der Waals surface area (Å²) in [5.74, 6) is -1.56. The highest BCUT2D eigenvalue weighted by atomic mass is 19.2. The minimum Gasteiger partial charge on any atom is -0.431 e. The van der Waals surface area contributed by atoms with E-state index in [1.165, 1.54) is 18.2 Å². The summed E-state index contributed by atoms with van der Waals surface area (Å²) < 4.78 is 51.3. The molecule has 0 radical (unpaired) electrons. The van der Waals surface area contributed by atoms with Crippen molar-refractivity contribution in [3.05, 3.63) is 71.4 Å². The van der Waals surface area contributed by atoms with Gasteiger partial charge in [0.25, 0.3) is 0 Å². The Morgan fingerprint density at radius 3 is 2.51 bits per heavy atom. The maximum absolute atomic E-state index is 14.9. The van der Waals surface area contributed by atoms with Crippen molar-refractivity contribution in [1.82, 2.24) is 29.6 Å². The first-order valence-electron chi connectivity index (χ1n) is 11.9. The van der Waals surface area contributed by atoms with E-state index < -0.39 is 17.5 Å². The van der Waals surface area contributed by atoms with Gasteiger partial charge in [-0.1, -0.05) is 6.07 Å². The number of pyridine rings is 1. The Kier molecular flexibility index (Phi) is 5.56. The molecule has 0 saturated heterocycles. The molecular weight excluding hydrogens is 481 g/mol. The molecule has 0 unspecified atom stereocenters. The Balaban J connectivity index is 1.52. The minimum absolute atomic E-state index is 0.0846. The standard InChI is InChI=1S/C27H23F3N6O/c1-35(2)12-16-10-21-25(24(30)23(16)29)37-27(33-21)22-9-15(8-20(32-22)14-4-5-14)18-7-6-17(28)11-19(18)26-34-31-13-36(26)3/h6-11,13-14H,4-5,12H2,1-3H3. The van der Waals surface area contributed by atoms with Crippen LogP contribution in [0.1, 0.15) is 30.0 Å². The Labute approximate surface area is 210 Å². The number of oxazole rings is 1. The first-order valence-corrected chi connectivity index (χ1v) is 11.9. The molecular formula is C27H23F3N6O. The fourth-order valence-corrected chi connectivity index (χ4v) is 4.51. The molecule has 0 N–H and O–H groups in total. The smallest absolute Gasteiger partial charge is 0.246 e. The van der Waals surface area contributed by atoms with Crippen molar-refractivity contribution in [2.45, 2.75) is 25.3 Å². The van der Waals surface area contributed by atoms with Gasteiger partial charge in [0.1, 0.15) is 23.4 Å². The Morgan fingerprint density at radius 2 is 1.81 bits per heavy atom. The molecule has 3 heterocycles. The number of hydrogen-bond donors (Lipinski definition) is 0. The lowest BCUT2D eigenvalue weighted by atomic mass is 9.97. The van der Waals surface area contributed by atoms with E-state index in [-0.39, 0.29) is 35.0 Å². The highest BCUT2D eigenvalue weighted by Gasteiger charge is 2.28. The molecule has 1 aliphatic carbocycles. The molecule has 0 atom stereocenters. The van der Waals surface area contributed by atoms with Gasteiger partial charge < -0.3 is 13.9 Å². The van der Waals surface area contributed by atoms with Crippen molar-refractivity contribution in [2.24, 2.45) is 7.05 Å². The van der Waals surface area contributed by atoms with Crippen LogP contribution in [0.3, 0.4) is 0 Å². The third-order valence-electron chi connectivity index (χ3n) is 6.43. The van der Waals surface area contributed by atoms with Crippen LogP contribution in [0.25, 0.3) is 45.2 Å². The number of aryl methyl sites for hydroxylation is 1. The monoisotopic (exact) mass is 504 g/mol. The number of benzene rings is 2. The van der Waals surface area contributed by atoms with E-state index in [0.29, 0.717) is 17.1 Å². The first-order chi connectivity index (χ1) is 17.8. The molecule has 0 amide bonds. The molecule has 0 aliphatic heterocycles. The second-order valence-electron chi connectivity index (χ2n) is 9.66. The van der Waals surface area contributed by atoms with Crippen LogP contribution in [0.15, 0.2) is 47.1 Å². The van der Waals surface area contributed by atoms with Gasteiger partial charge in [0, 0.05) is 36.3 Å². The molecule has 37 heavy (non-hydrogen) atoms. The Hall–Kier alpha value is -4.05. The highest BCUT2D eigenvalue weighted by Crippen LogP contribution is 2.42. The quantitative estimate of drug-likeness (QED) is 0.295. The maximum Gasteiger partial charge on any atom is 0.246 e. The molecule has 2 aromatic carbocycles. The summed E-state index contributed by atoms with van der Waals surface area (Å²) in [4.78, 5) is 11.0. The normalized spacial score (nSPS) is 13.7. The fraction of sp³-hybridized carbons (Fsp3) is 0.259. The van der Waals surface area contributed by atoms with Crippen LogP contribution < -0.4 is 0 Å². The van der Waals surface area contributed by atoms with Gasteiger partial charge >= 0.3 is 0 Å². The predicted octanol–water partition coefficient (Wildman–Crippen LogP) is 5.71. The predicted molar refractivity (Wildman–Crippen MR) is 132 cm³/mol. The van der Waals surface area contributed by atoms with E-state index in [9.17, 15) is 13.2 Å². The van der Waals surface area contributed by atoms with Crippen molar-refractivity contribution < 1.29 is 17.6 Å². The van der Waals surface area contributed by atoms with Crippen LogP contribution in [0, 0.1) is 17.5 Å². The third kappa shape index (κ3) is 4.27. The lowest BCUT2D eigenvalue weighted by molar-refractivity contribution is 0.385. The van der Waals surface area contributed by atoms with Gasteiger partial charge in [-0.15, -0.1) is 10.2 Å². The average molecular weight is 505 g/mol. The van der Waals surface area contributed by atoms with E-state index >= 15 is 0 Å². The number of fused-ring (bicyclic) bond motifs is 1. The topological polar surface area (TPSA) is 72.9 Å². The van der Waals surface area contributed by atoms with Crippen molar-refractivity contribution >= 4 is 11.1 Å². The molecule has 10 heteroatoms. The number of nitrogens with zero attached hydrogens (tertiary/aromatic N) is 6. The van der Waals surface area contributed by atoms with Crippen LogP contribution in [-0.2, 0) is 13.6 Å². The van der Waals surface area contributed by atoms with E-state index in [2.05, 4.69) is 15.2 Å². The summed E-state index contributed by atoms with van der Waals surface area (Å²) >= 11 is 0. The van der Waals surface area contributed by atoms with E-state index in [1.807, 2.05) is 6.07 Å². The fourth-order valence-electron chi connectivity index (χ4n) is 4.51. The van der Waals surface area contributed by atoms with Gasteiger partial charge in [-0.25, -0.2) is 18.7 Å². The van der Waals surface area contributed by atoms with Crippen molar-refractivity contribution in [1.29, 1.82) is 0 Å². The number of aromatic nitrogens is 5. The zero-order chi connectivity index (χ0) is 25.8. The van der Waals surface area contributed by atoms with Crippen molar-refractivity contribution in [2.75, 3.05) is 14.1 Å². The molecule has 3 aromatic heterocycles. The maximum atomic E-state index is 14.9. The van der Waals surface area contributed by atoms with Crippen LogP contribution in [0.5, 0.6) is 0 Å². The second kappa shape index (κ2) is 8.81. The van der Waals surface area contributed by atoms with Crippen LogP contribution in [0.4, 0.5) is 13.2 Å². The summed E-state index contributed by atoms with van der Waals surface area (Å²) in [5, 5.41) is 8.09. The van der Waals surface area contributed by atoms with Crippen LogP contribution in [-0.4, -0.2) is 43.7 Å². The molecule has 1 fully saturated rings. The molecule has 6 rings (SSSR count). The largest absolute Gasteiger partial charge is 0.431 e. The zero-order valence-corrected chi connectivity index (χ0v) is 20.5. The van der Waals surface area contributed by atoms with Crippen molar-refractivity contribution in [3.63, 3.8) is 0 Å². The number of hydrogen-bond acceptors (Lipinski definition) is 6. The molecule has 1 saturated carbocycles. The third-order valence-corrected chi connectivity index (χ3v) is 6.43. The number of rotatable bonds is 6. The van der Waals surface area contributed by atoms with Crippen LogP contribution >= 0.6 is 0 Å². The summed E-state index contributed by atoms with van der Waals surface area (Å²) in [6.45, 7) is 0.218. The van der Waals surface area contributed by atoms with Crippen LogP contribution in [0.2, 0.25) is 0 Å². The van der Waals surface area contributed by atoms with Crippen molar-refractivity contribution in [3.8, 4) is 34.1 Å². The molecule has 0 spiro atoms. The second-order valence-corrected chi connectivity index (χ2v) is 9.66. The van der Waals surface area contributed by atoms with Gasteiger partial charge in [-0.05, 0) is 68.4 Å². The Morgan fingerprint density at radius 1 is 1.00 bits per heavy atom. The Bertz CT molecular complexity index is 1650. The SMILES string of the molecule is CN(C)Cc1cc2nc(-c3cc(-c4ccc(F)cc4-c4nncn4C)cc(C4CC4)n3)oc2c(F)c1F. The lowest BCUT2D eigenvalue weighted by Crippen LogP contribution is -2.12. The van der Waals surface area contributed by atoms with E-state index in [1.54, 1.807) is 49.1 Å². The molecule has 0 bridgehead atoms. The molecule has 7 nitrogen and oxygen atoms in total. The lowest BCUT2D eigenvalue weighted by Gasteiger charge is -2.12. The van der Waals surface area contributed by atoms with Gasteiger partial charge in [0.05, 0.1) is 0 Å². The molecule has 188 valence electrons. The van der Waals surface area contributed by atoms with Gasteiger partial charge in [-0.2, -0.15) is 4.39 Å². The summed E-state index contributed by atoms with van der Waals surface area (Å²) in [5.41, 5.74) is 3.43. The summed E-state index contributed by atoms with van der Waals surface area (Å²) in [6, 6.07) is 9.71. The number of halogens is 3. The van der Waals surface area contributed by atoms with Gasteiger partial charge in [0.2, 0.25) is 11.7 Å². The first kappa shape index (κ1) is 23.4. The van der Waals surface area contributed by atoms with E-state index in [0.717, 1.165) is 29.7 Å². The minimum atomic E-state index is -1.07. The average Bonchev–Trinajstić information content (AvgIpc) is 3.50. The zero-order valence-electron chi connectivity index (χ0n) is 20.5. The molecule has 5 aromatic rings. The van der Waals surface area contributed by atoms with E-state index in [4.69, 9.17) is 9.40 Å². The highest BCUT2D eigenvalue weighted by molar-refractivity contribution is 5.83.